The summed E-state index contributed by atoms with van der Waals surface area (Å²) in [5, 5.41) is 33.1. The van der Waals surface area contributed by atoms with Gasteiger partial charge in [-0.05, 0) is 19.3 Å². The van der Waals surface area contributed by atoms with Gasteiger partial charge in [0, 0.05) is 0 Å². The van der Waals surface area contributed by atoms with E-state index in [0.717, 1.165) is 32.1 Å². The second kappa shape index (κ2) is 40.9. The highest BCUT2D eigenvalue weighted by atomic mass is 16.3. The summed E-state index contributed by atoms with van der Waals surface area (Å²) >= 11 is 0. The molecular weight excluding hydrogens is 618 g/mol. The molecule has 0 saturated heterocycles. The first-order valence-corrected chi connectivity index (χ1v) is 22.5. The fourth-order valence-electron chi connectivity index (χ4n) is 7.07. The number of allylic oxidation sites excluding steroid dienone is 1. The SMILES string of the molecule is CCCCCCCCCCCCC/C=C/[C@@H](O)[C@H](CO)NC(=O)C(O)CCCCCCCCCCCCCCCCCCCCCCCCC. The number of amides is 1. The monoisotopic (exact) mass is 708 g/mol. The molecule has 1 amide bonds. The fraction of sp³-hybridized carbons (Fsp3) is 0.933. The number of nitrogens with one attached hydrogen (secondary N) is 1. The average Bonchev–Trinajstić information content (AvgIpc) is 3.12. The summed E-state index contributed by atoms with van der Waals surface area (Å²) in [6.07, 6.45) is 48.2. The molecule has 0 aromatic rings. The zero-order valence-corrected chi connectivity index (χ0v) is 33.8. The van der Waals surface area contributed by atoms with Gasteiger partial charge >= 0.3 is 0 Å². The van der Waals surface area contributed by atoms with Gasteiger partial charge in [-0.3, -0.25) is 4.79 Å². The average molecular weight is 708 g/mol. The molecule has 0 spiro atoms. The van der Waals surface area contributed by atoms with Gasteiger partial charge in [0.2, 0.25) is 5.91 Å². The zero-order valence-electron chi connectivity index (χ0n) is 33.8. The van der Waals surface area contributed by atoms with Crippen LogP contribution < -0.4 is 5.32 Å². The van der Waals surface area contributed by atoms with Gasteiger partial charge in [-0.25, -0.2) is 0 Å². The van der Waals surface area contributed by atoms with Gasteiger partial charge in [0.1, 0.15) is 6.10 Å². The Labute approximate surface area is 312 Å². The van der Waals surface area contributed by atoms with E-state index in [1.54, 1.807) is 6.08 Å². The van der Waals surface area contributed by atoms with Crippen LogP contribution in [0.1, 0.15) is 245 Å². The molecule has 0 radical (unpaired) electrons. The quantitative estimate of drug-likeness (QED) is 0.0376. The Balaban J connectivity index is 3.58. The predicted octanol–water partition coefficient (Wildman–Crippen LogP) is 12.8. The Hall–Kier alpha value is -0.910. The van der Waals surface area contributed by atoms with Crippen molar-refractivity contribution in [3.05, 3.63) is 12.2 Å². The molecule has 5 nitrogen and oxygen atoms in total. The molecule has 0 rings (SSSR count). The number of aliphatic hydroxyl groups excluding tert-OH is 3. The molecule has 4 N–H and O–H groups in total. The lowest BCUT2D eigenvalue weighted by Gasteiger charge is -2.21. The second-order valence-corrected chi connectivity index (χ2v) is 15.6. The van der Waals surface area contributed by atoms with E-state index in [4.69, 9.17) is 0 Å². The van der Waals surface area contributed by atoms with Gasteiger partial charge in [-0.15, -0.1) is 0 Å². The van der Waals surface area contributed by atoms with E-state index in [0.29, 0.717) is 6.42 Å². The summed E-state index contributed by atoms with van der Waals surface area (Å²) in [7, 11) is 0. The van der Waals surface area contributed by atoms with E-state index in [9.17, 15) is 20.1 Å². The molecule has 0 fully saturated rings. The first-order chi connectivity index (χ1) is 24.6. The minimum absolute atomic E-state index is 0.359. The van der Waals surface area contributed by atoms with Crippen LogP contribution in [-0.4, -0.2) is 46.1 Å². The molecule has 5 heteroatoms. The van der Waals surface area contributed by atoms with Crippen molar-refractivity contribution in [3.63, 3.8) is 0 Å². The lowest BCUT2D eigenvalue weighted by atomic mass is 10.0. The number of carbonyl (C=O) groups excluding carboxylic acids is 1. The summed E-state index contributed by atoms with van der Waals surface area (Å²) < 4.78 is 0. The Bertz CT molecular complexity index is 699. The molecule has 50 heavy (non-hydrogen) atoms. The first-order valence-electron chi connectivity index (χ1n) is 22.5. The maximum atomic E-state index is 12.5. The Morgan fingerprint density at radius 3 is 1.10 bits per heavy atom. The third-order valence-corrected chi connectivity index (χ3v) is 10.6. The molecule has 1 unspecified atom stereocenters. The highest BCUT2D eigenvalue weighted by Gasteiger charge is 2.22. The standard InChI is InChI=1S/C45H89NO4/c1-3-5-7-9-11-13-15-17-18-19-20-21-22-23-24-25-26-28-30-32-34-36-38-40-44(49)45(50)46-42(41-47)43(48)39-37-35-33-31-29-27-16-14-12-10-8-6-4-2/h37,39,42-44,47-49H,3-36,38,40-41H2,1-2H3,(H,46,50)/b39-37+/t42-,43+,44?/m0/s1. The van der Waals surface area contributed by atoms with Crippen LogP contribution >= 0.6 is 0 Å². The molecule has 298 valence electrons. The first kappa shape index (κ1) is 49.1. The van der Waals surface area contributed by atoms with Crippen molar-refractivity contribution in [1.29, 1.82) is 0 Å². The van der Waals surface area contributed by atoms with E-state index in [1.807, 2.05) is 6.08 Å². The zero-order chi connectivity index (χ0) is 36.6. The van der Waals surface area contributed by atoms with Crippen molar-refractivity contribution in [2.24, 2.45) is 0 Å². The number of hydrogen-bond donors (Lipinski definition) is 4. The number of aliphatic hydroxyl groups is 3. The molecule has 0 saturated carbocycles. The maximum absolute atomic E-state index is 12.5. The molecule has 0 aliphatic rings. The normalized spacial score (nSPS) is 13.6. The van der Waals surface area contributed by atoms with Crippen LogP contribution in [0.15, 0.2) is 12.2 Å². The number of carbonyl (C=O) groups is 1. The van der Waals surface area contributed by atoms with Crippen LogP contribution in [0.4, 0.5) is 0 Å². The molecule has 0 aromatic heterocycles. The van der Waals surface area contributed by atoms with Crippen LogP contribution in [0.25, 0.3) is 0 Å². The summed E-state index contributed by atoms with van der Waals surface area (Å²) in [4.78, 5) is 12.5. The Morgan fingerprint density at radius 2 is 0.780 bits per heavy atom. The highest BCUT2D eigenvalue weighted by Crippen LogP contribution is 2.16. The van der Waals surface area contributed by atoms with Gasteiger partial charge in [0.05, 0.1) is 18.8 Å². The van der Waals surface area contributed by atoms with Crippen LogP contribution in [-0.2, 0) is 4.79 Å². The molecule has 0 aliphatic heterocycles. The number of unbranched alkanes of at least 4 members (excludes halogenated alkanes) is 33. The molecule has 0 heterocycles. The molecule has 0 bridgehead atoms. The Morgan fingerprint density at radius 1 is 0.480 bits per heavy atom. The summed E-state index contributed by atoms with van der Waals surface area (Å²) in [6.45, 7) is 4.19. The van der Waals surface area contributed by atoms with E-state index in [-0.39, 0.29) is 6.61 Å². The summed E-state index contributed by atoms with van der Waals surface area (Å²) in [6, 6.07) is -0.792. The van der Waals surface area contributed by atoms with Gasteiger partial charge in [-0.2, -0.15) is 0 Å². The van der Waals surface area contributed by atoms with Crippen LogP contribution in [0.2, 0.25) is 0 Å². The van der Waals surface area contributed by atoms with Crippen molar-refractivity contribution in [2.75, 3.05) is 6.61 Å². The Kier molecular flexibility index (Phi) is 40.1. The molecule has 0 aliphatic carbocycles. The van der Waals surface area contributed by atoms with Crippen LogP contribution in [0.5, 0.6) is 0 Å². The summed E-state index contributed by atoms with van der Waals surface area (Å²) in [5.74, 6) is -0.499. The lowest BCUT2D eigenvalue weighted by molar-refractivity contribution is -0.131. The van der Waals surface area contributed by atoms with E-state index < -0.39 is 24.2 Å². The van der Waals surface area contributed by atoms with Crippen molar-refractivity contribution in [1.82, 2.24) is 5.32 Å². The molecular formula is C45H89NO4. The highest BCUT2D eigenvalue weighted by molar-refractivity contribution is 5.80. The van der Waals surface area contributed by atoms with E-state index in [1.165, 1.54) is 193 Å². The van der Waals surface area contributed by atoms with Crippen molar-refractivity contribution < 1.29 is 20.1 Å². The minimum atomic E-state index is -1.09. The van der Waals surface area contributed by atoms with Gasteiger partial charge in [-0.1, -0.05) is 238 Å². The lowest BCUT2D eigenvalue weighted by Crippen LogP contribution is -2.48. The summed E-state index contributed by atoms with van der Waals surface area (Å²) in [5.41, 5.74) is 0. The topological polar surface area (TPSA) is 89.8 Å². The maximum Gasteiger partial charge on any atom is 0.249 e. The predicted molar refractivity (Wildman–Crippen MR) is 218 cm³/mol. The third kappa shape index (κ3) is 35.5. The largest absolute Gasteiger partial charge is 0.394 e. The van der Waals surface area contributed by atoms with Gasteiger partial charge < -0.3 is 20.6 Å². The van der Waals surface area contributed by atoms with Crippen molar-refractivity contribution >= 4 is 5.91 Å². The molecule has 3 atom stereocenters. The number of rotatable bonds is 41. The van der Waals surface area contributed by atoms with Gasteiger partial charge in [0.15, 0.2) is 0 Å². The second-order valence-electron chi connectivity index (χ2n) is 15.6. The van der Waals surface area contributed by atoms with E-state index >= 15 is 0 Å². The van der Waals surface area contributed by atoms with Crippen LogP contribution in [0, 0.1) is 0 Å². The van der Waals surface area contributed by atoms with Crippen molar-refractivity contribution in [3.8, 4) is 0 Å². The smallest absolute Gasteiger partial charge is 0.249 e. The van der Waals surface area contributed by atoms with Crippen molar-refractivity contribution in [2.45, 2.75) is 263 Å². The van der Waals surface area contributed by atoms with E-state index in [2.05, 4.69) is 19.2 Å². The van der Waals surface area contributed by atoms with Gasteiger partial charge in [0.25, 0.3) is 0 Å². The molecule has 0 aromatic carbocycles. The number of hydrogen-bond acceptors (Lipinski definition) is 4. The third-order valence-electron chi connectivity index (χ3n) is 10.6. The van der Waals surface area contributed by atoms with Crippen LogP contribution in [0.3, 0.4) is 0 Å². The minimum Gasteiger partial charge on any atom is -0.394 e. The fourth-order valence-corrected chi connectivity index (χ4v) is 7.07.